The minimum Gasteiger partial charge on any atom is -0.494 e. The standard InChI is InChI=1S/C23H21F3N8O/c1-35-16-13-28-12-15-20(16)22(34-9-7-27-8-10-34)33-21(30-15)14-5-6-29-19(11-14)32-18-4-2-3-17(31-18)23(24,25)26/h2-6,11-13,27H,7-10H2,1H3,(H,29,31,32). The average molecular weight is 482 g/mol. The summed E-state index contributed by atoms with van der Waals surface area (Å²) in [5.74, 6) is 2.08. The highest BCUT2D eigenvalue weighted by molar-refractivity contribution is 5.95. The van der Waals surface area contributed by atoms with Gasteiger partial charge in [-0.1, -0.05) is 6.07 Å². The first kappa shape index (κ1) is 22.7. The summed E-state index contributed by atoms with van der Waals surface area (Å²) in [6.45, 7) is 3.17. The third-order valence-corrected chi connectivity index (χ3v) is 5.50. The molecule has 0 saturated carbocycles. The van der Waals surface area contributed by atoms with Crippen LogP contribution in [0.15, 0.2) is 48.9 Å². The van der Waals surface area contributed by atoms with Gasteiger partial charge >= 0.3 is 6.18 Å². The van der Waals surface area contributed by atoms with Crippen molar-refractivity contribution in [3.63, 3.8) is 0 Å². The molecule has 12 heteroatoms. The molecular formula is C23H21F3N8O. The van der Waals surface area contributed by atoms with Gasteiger partial charge in [-0.25, -0.2) is 19.9 Å². The van der Waals surface area contributed by atoms with Crippen LogP contribution in [0.1, 0.15) is 5.69 Å². The van der Waals surface area contributed by atoms with Gasteiger partial charge in [0.15, 0.2) is 5.82 Å². The first-order valence-electron chi connectivity index (χ1n) is 10.9. The van der Waals surface area contributed by atoms with Crippen LogP contribution < -0.4 is 20.3 Å². The summed E-state index contributed by atoms with van der Waals surface area (Å²) in [5.41, 5.74) is 0.267. The smallest absolute Gasteiger partial charge is 0.433 e. The third kappa shape index (κ3) is 4.78. The topological polar surface area (TPSA) is 101 Å². The quantitative estimate of drug-likeness (QED) is 0.441. The highest BCUT2D eigenvalue weighted by Crippen LogP contribution is 2.34. The van der Waals surface area contributed by atoms with E-state index in [0.29, 0.717) is 28.5 Å². The Kier molecular flexibility index (Phi) is 6.03. The van der Waals surface area contributed by atoms with Gasteiger partial charge in [-0.2, -0.15) is 13.2 Å². The Bertz CT molecular complexity index is 1360. The molecule has 180 valence electrons. The number of pyridine rings is 3. The number of hydrogen-bond donors (Lipinski definition) is 2. The fourth-order valence-electron chi connectivity index (χ4n) is 3.86. The highest BCUT2D eigenvalue weighted by Gasteiger charge is 2.32. The molecule has 1 aliphatic heterocycles. The number of rotatable bonds is 5. The predicted octanol–water partition coefficient (Wildman–Crippen LogP) is 3.66. The number of hydrogen-bond acceptors (Lipinski definition) is 9. The van der Waals surface area contributed by atoms with Crippen molar-refractivity contribution < 1.29 is 17.9 Å². The monoisotopic (exact) mass is 482 g/mol. The van der Waals surface area contributed by atoms with Gasteiger partial charge in [0.1, 0.15) is 28.9 Å². The molecule has 4 aromatic heterocycles. The van der Waals surface area contributed by atoms with E-state index >= 15 is 0 Å². The molecule has 0 aromatic carbocycles. The highest BCUT2D eigenvalue weighted by atomic mass is 19.4. The van der Waals surface area contributed by atoms with Gasteiger partial charge in [0.2, 0.25) is 0 Å². The van der Waals surface area contributed by atoms with Crippen molar-refractivity contribution in [3.8, 4) is 17.1 Å². The van der Waals surface area contributed by atoms with E-state index in [1.54, 1.807) is 31.6 Å². The van der Waals surface area contributed by atoms with Crippen LogP contribution in [0, 0.1) is 0 Å². The number of aromatic nitrogens is 5. The van der Waals surface area contributed by atoms with Crippen LogP contribution >= 0.6 is 0 Å². The lowest BCUT2D eigenvalue weighted by molar-refractivity contribution is -0.141. The van der Waals surface area contributed by atoms with E-state index in [0.717, 1.165) is 43.4 Å². The molecule has 35 heavy (non-hydrogen) atoms. The number of halogens is 3. The van der Waals surface area contributed by atoms with Crippen LogP contribution in [0.25, 0.3) is 22.3 Å². The Morgan fingerprint density at radius 3 is 2.63 bits per heavy atom. The van der Waals surface area contributed by atoms with Crippen molar-refractivity contribution in [1.82, 2.24) is 30.2 Å². The number of nitrogens with zero attached hydrogens (tertiary/aromatic N) is 6. The number of alkyl halides is 3. The van der Waals surface area contributed by atoms with Gasteiger partial charge in [0.05, 0.1) is 30.4 Å². The largest absolute Gasteiger partial charge is 0.494 e. The van der Waals surface area contributed by atoms with Gasteiger partial charge < -0.3 is 20.3 Å². The van der Waals surface area contributed by atoms with E-state index in [1.807, 2.05) is 0 Å². The van der Waals surface area contributed by atoms with Crippen LogP contribution in [0.2, 0.25) is 0 Å². The predicted molar refractivity (Wildman–Crippen MR) is 125 cm³/mol. The Labute approximate surface area is 198 Å². The van der Waals surface area contributed by atoms with Gasteiger partial charge in [-0.15, -0.1) is 0 Å². The van der Waals surface area contributed by atoms with E-state index in [2.05, 4.69) is 35.5 Å². The summed E-state index contributed by atoms with van der Waals surface area (Å²) < 4.78 is 44.6. The van der Waals surface area contributed by atoms with E-state index in [-0.39, 0.29) is 5.82 Å². The van der Waals surface area contributed by atoms with Crippen molar-refractivity contribution in [3.05, 3.63) is 54.6 Å². The maximum Gasteiger partial charge on any atom is 0.433 e. The maximum atomic E-state index is 13.0. The van der Waals surface area contributed by atoms with E-state index < -0.39 is 11.9 Å². The number of fused-ring (bicyclic) bond motifs is 1. The Hall–Kier alpha value is -4.06. The van der Waals surface area contributed by atoms with Gasteiger partial charge in [-0.3, -0.25) is 4.98 Å². The summed E-state index contributed by atoms with van der Waals surface area (Å²) in [6, 6.07) is 7.04. The summed E-state index contributed by atoms with van der Waals surface area (Å²) in [5, 5.41) is 6.93. The van der Waals surface area contributed by atoms with Gasteiger partial charge in [0, 0.05) is 37.9 Å². The molecule has 5 heterocycles. The molecule has 1 fully saturated rings. The fourth-order valence-corrected chi connectivity index (χ4v) is 3.86. The number of nitrogens with one attached hydrogen (secondary N) is 2. The van der Waals surface area contributed by atoms with Crippen molar-refractivity contribution in [2.24, 2.45) is 0 Å². The van der Waals surface area contributed by atoms with E-state index in [4.69, 9.17) is 9.72 Å². The zero-order valence-corrected chi connectivity index (χ0v) is 18.7. The molecule has 1 aliphatic rings. The molecule has 0 radical (unpaired) electrons. The molecule has 0 aliphatic carbocycles. The number of piperazine rings is 1. The van der Waals surface area contributed by atoms with Gasteiger partial charge in [0.25, 0.3) is 0 Å². The van der Waals surface area contributed by atoms with Crippen LogP contribution in [0.4, 0.5) is 30.6 Å². The molecule has 0 unspecified atom stereocenters. The number of anilines is 3. The SMILES string of the molecule is COc1cncc2nc(-c3ccnc(Nc4cccc(C(F)(F)F)n4)c3)nc(N3CCNCC3)c12. The Morgan fingerprint density at radius 1 is 1.03 bits per heavy atom. The minimum atomic E-state index is -4.54. The second-order valence-electron chi connectivity index (χ2n) is 7.80. The number of methoxy groups -OCH3 is 1. The van der Waals surface area contributed by atoms with Gasteiger partial charge in [-0.05, 0) is 24.3 Å². The minimum absolute atomic E-state index is 0.0272. The van der Waals surface area contributed by atoms with Crippen molar-refractivity contribution >= 4 is 28.4 Å². The van der Waals surface area contributed by atoms with Crippen LogP contribution in [0.5, 0.6) is 5.75 Å². The molecule has 5 rings (SSSR count). The summed E-state index contributed by atoms with van der Waals surface area (Å²) in [6.07, 6.45) is 0.281. The lowest BCUT2D eigenvalue weighted by Gasteiger charge is -2.29. The molecular weight excluding hydrogens is 461 g/mol. The number of ether oxygens (including phenoxy) is 1. The fraction of sp³-hybridized carbons (Fsp3) is 0.261. The van der Waals surface area contributed by atoms with Crippen molar-refractivity contribution in [2.45, 2.75) is 6.18 Å². The van der Waals surface area contributed by atoms with E-state index in [9.17, 15) is 13.2 Å². The summed E-state index contributed by atoms with van der Waals surface area (Å²) in [4.78, 5) is 23.8. The molecule has 0 atom stereocenters. The van der Waals surface area contributed by atoms with Crippen molar-refractivity contribution in [2.75, 3.05) is 43.5 Å². The molecule has 0 amide bonds. The molecule has 2 N–H and O–H groups in total. The average Bonchev–Trinajstić information content (AvgIpc) is 2.88. The lowest BCUT2D eigenvalue weighted by Crippen LogP contribution is -2.44. The van der Waals surface area contributed by atoms with Crippen LogP contribution in [0.3, 0.4) is 0 Å². The molecule has 0 bridgehead atoms. The molecule has 0 spiro atoms. The second-order valence-corrected chi connectivity index (χ2v) is 7.80. The molecule has 4 aromatic rings. The van der Waals surface area contributed by atoms with E-state index in [1.165, 1.54) is 18.3 Å². The first-order chi connectivity index (χ1) is 16.9. The zero-order chi connectivity index (χ0) is 24.4. The van der Waals surface area contributed by atoms with Crippen molar-refractivity contribution in [1.29, 1.82) is 0 Å². The van der Waals surface area contributed by atoms with Crippen LogP contribution in [-0.2, 0) is 6.18 Å². The third-order valence-electron chi connectivity index (χ3n) is 5.50. The molecule has 9 nitrogen and oxygen atoms in total. The second kappa shape index (κ2) is 9.29. The maximum absolute atomic E-state index is 13.0. The summed E-state index contributed by atoms with van der Waals surface area (Å²) in [7, 11) is 1.58. The zero-order valence-electron chi connectivity index (χ0n) is 18.7. The normalized spacial score (nSPS) is 14.2. The Balaban J connectivity index is 1.54. The van der Waals surface area contributed by atoms with Crippen LogP contribution in [-0.4, -0.2) is 58.2 Å². The summed E-state index contributed by atoms with van der Waals surface area (Å²) >= 11 is 0. The lowest BCUT2D eigenvalue weighted by atomic mass is 10.2. The molecule has 1 saturated heterocycles. The first-order valence-corrected chi connectivity index (χ1v) is 10.9. The Morgan fingerprint density at radius 2 is 1.86 bits per heavy atom.